The third-order valence-corrected chi connectivity index (χ3v) is 2.72. The van der Waals surface area contributed by atoms with E-state index in [0.717, 1.165) is 12.3 Å². The Bertz CT molecular complexity index is 244. The highest BCUT2D eigenvalue weighted by Crippen LogP contribution is 2.15. The number of benzene rings is 1. The van der Waals surface area contributed by atoms with Gasteiger partial charge in [0.05, 0.1) is 13.2 Å². The van der Waals surface area contributed by atoms with Crippen molar-refractivity contribution in [1.82, 2.24) is 5.48 Å². The van der Waals surface area contributed by atoms with Gasteiger partial charge in [0, 0.05) is 24.3 Å². The van der Waals surface area contributed by atoms with Crippen molar-refractivity contribution >= 4 is 11.8 Å². The molecule has 0 fully saturated rings. The molecule has 0 spiro atoms. The van der Waals surface area contributed by atoms with Gasteiger partial charge in [0.15, 0.2) is 0 Å². The number of hydroxylamine groups is 1. The first-order valence-electron chi connectivity index (χ1n) is 4.95. The summed E-state index contributed by atoms with van der Waals surface area (Å²) in [5.41, 5.74) is 2.89. The lowest BCUT2D eigenvalue weighted by Crippen LogP contribution is -2.20. The number of rotatable bonds is 8. The molecule has 1 aromatic carbocycles. The topological polar surface area (TPSA) is 30.5 Å². The van der Waals surface area contributed by atoms with E-state index in [1.807, 2.05) is 30.0 Å². The number of ether oxygens (including phenoxy) is 1. The number of hydrogen-bond donors (Lipinski definition) is 1. The fourth-order valence-corrected chi connectivity index (χ4v) is 1.77. The van der Waals surface area contributed by atoms with E-state index in [2.05, 4.69) is 17.6 Å². The molecule has 84 valence electrons. The fourth-order valence-electron chi connectivity index (χ4n) is 0.997. The van der Waals surface area contributed by atoms with Crippen LogP contribution < -0.4 is 5.48 Å². The largest absolute Gasteiger partial charge is 0.382 e. The zero-order valence-corrected chi connectivity index (χ0v) is 9.76. The molecule has 1 rings (SSSR count). The summed E-state index contributed by atoms with van der Waals surface area (Å²) in [7, 11) is 1.66. The van der Waals surface area contributed by atoms with E-state index in [0.29, 0.717) is 13.2 Å². The molecule has 0 aliphatic heterocycles. The maximum absolute atomic E-state index is 5.12. The van der Waals surface area contributed by atoms with Gasteiger partial charge in [0.25, 0.3) is 0 Å². The second-order valence-electron chi connectivity index (χ2n) is 2.90. The van der Waals surface area contributed by atoms with Crippen molar-refractivity contribution in [1.29, 1.82) is 0 Å². The monoisotopic (exact) mass is 227 g/mol. The zero-order chi connectivity index (χ0) is 10.8. The quantitative estimate of drug-likeness (QED) is 0.418. The molecule has 0 aliphatic carbocycles. The summed E-state index contributed by atoms with van der Waals surface area (Å²) < 4.78 is 4.85. The van der Waals surface area contributed by atoms with Crippen LogP contribution in [-0.4, -0.2) is 32.6 Å². The van der Waals surface area contributed by atoms with E-state index in [9.17, 15) is 0 Å². The Morgan fingerprint density at radius 3 is 2.73 bits per heavy atom. The van der Waals surface area contributed by atoms with Crippen molar-refractivity contribution in [3.05, 3.63) is 30.3 Å². The number of thioether (sulfide) groups is 1. The molecule has 1 aromatic rings. The fraction of sp³-hybridized carbons (Fsp3) is 0.455. The number of methoxy groups -OCH3 is 1. The van der Waals surface area contributed by atoms with E-state index >= 15 is 0 Å². The minimum absolute atomic E-state index is 0.590. The average molecular weight is 227 g/mol. The Kier molecular flexibility index (Phi) is 7.29. The number of nitrogens with one attached hydrogen (secondary N) is 1. The smallest absolute Gasteiger partial charge is 0.0915 e. The Hall–Kier alpha value is -0.550. The van der Waals surface area contributed by atoms with Crippen molar-refractivity contribution in [2.75, 3.05) is 32.6 Å². The molecule has 0 saturated heterocycles. The Labute approximate surface area is 95.1 Å². The molecule has 4 heteroatoms. The van der Waals surface area contributed by atoms with Gasteiger partial charge in [-0.25, -0.2) is 5.48 Å². The third-order valence-electron chi connectivity index (χ3n) is 1.71. The lowest BCUT2D eigenvalue weighted by Gasteiger charge is -2.04. The van der Waals surface area contributed by atoms with Crippen LogP contribution in [0.25, 0.3) is 0 Å². The van der Waals surface area contributed by atoms with Crippen LogP contribution in [0.5, 0.6) is 0 Å². The summed E-state index contributed by atoms with van der Waals surface area (Å²) in [6.45, 7) is 2.05. The molecule has 0 atom stereocenters. The van der Waals surface area contributed by atoms with Crippen LogP contribution in [0.2, 0.25) is 0 Å². The first-order valence-corrected chi connectivity index (χ1v) is 5.93. The predicted octanol–water partition coefficient (Wildman–Crippen LogP) is 1.95. The van der Waals surface area contributed by atoms with Gasteiger partial charge < -0.3 is 4.74 Å². The van der Waals surface area contributed by atoms with Crippen LogP contribution >= 0.6 is 11.8 Å². The van der Waals surface area contributed by atoms with Crippen molar-refractivity contribution < 1.29 is 9.57 Å². The summed E-state index contributed by atoms with van der Waals surface area (Å²) in [6.07, 6.45) is 0. The van der Waals surface area contributed by atoms with E-state index in [1.54, 1.807) is 7.11 Å². The van der Waals surface area contributed by atoms with E-state index in [-0.39, 0.29) is 0 Å². The lowest BCUT2D eigenvalue weighted by atomic mass is 10.4. The highest BCUT2D eigenvalue weighted by atomic mass is 32.2. The van der Waals surface area contributed by atoms with Gasteiger partial charge in [-0.3, -0.25) is 4.84 Å². The molecular formula is C11H17NO2S. The summed E-state index contributed by atoms with van der Waals surface area (Å²) >= 11 is 1.81. The maximum atomic E-state index is 5.12. The molecule has 1 N–H and O–H groups in total. The van der Waals surface area contributed by atoms with Gasteiger partial charge in [0.2, 0.25) is 0 Å². The molecule has 0 amide bonds. The van der Waals surface area contributed by atoms with E-state index < -0.39 is 0 Å². The van der Waals surface area contributed by atoms with Crippen LogP contribution in [0.4, 0.5) is 0 Å². The van der Waals surface area contributed by atoms with Crippen molar-refractivity contribution in [2.45, 2.75) is 4.90 Å². The molecule has 0 unspecified atom stereocenters. The number of hydrogen-bond acceptors (Lipinski definition) is 4. The van der Waals surface area contributed by atoms with Gasteiger partial charge in [-0.2, -0.15) is 0 Å². The SMILES string of the molecule is COCCONCCSc1ccccc1. The Morgan fingerprint density at radius 1 is 1.20 bits per heavy atom. The zero-order valence-electron chi connectivity index (χ0n) is 8.94. The van der Waals surface area contributed by atoms with Crippen LogP contribution in [0.15, 0.2) is 35.2 Å². The molecule has 0 bridgehead atoms. The van der Waals surface area contributed by atoms with Gasteiger partial charge >= 0.3 is 0 Å². The molecule has 0 saturated carbocycles. The van der Waals surface area contributed by atoms with Crippen LogP contribution in [-0.2, 0) is 9.57 Å². The van der Waals surface area contributed by atoms with Crippen molar-refractivity contribution in [2.24, 2.45) is 0 Å². The molecule has 3 nitrogen and oxygen atoms in total. The molecule has 0 aromatic heterocycles. The standard InChI is InChI=1S/C11H17NO2S/c1-13-8-9-14-12-7-10-15-11-5-3-2-4-6-11/h2-6,12H,7-10H2,1H3. The first kappa shape index (κ1) is 12.5. The predicted molar refractivity (Wildman–Crippen MR) is 63.0 cm³/mol. The van der Waals surface area contributed by atoms with Gasteiger partial charge in [-0.15, -0.1) is 11.8 Å². The van der Waals surface area contributed by atoms with E-state index in [1.165, 1.54) is 4.90 Å². The maximum Gasteiger partial charge on any atom is 0.0915 e. The lowest BCUT2D eigenvalue weighted by molar-refractivity contribution is 0.00994. The normalized spacial score (nSPS) is 10.5. The van der Waals surface area contributed by atoms with Crippen LogP contribution in [0.3, 0.4) is 0 Å². The van der Waals surface area contributed by atoms with Gasteiger partial charge in [-0.05, 0) is 12.1 Å². The first-order chi connectivity index (χ1) is 7.43. The molecule has 0 heterocycles. The summed E-state index contributed by atoms with van der Waals surface area (Å²) in [4.78, 5) is 6.41. The highest BCUT2D eigenvalue weighted by molar-refractivity contribution is 7.99. The summed E-state index contributed by atoms with van der Waals surface area (Å²) in [6, 6.07) is 10.3. The van der Waals surface area contributed by atoms with Crippen molar-refractivity contribution in [3.8, 4) is 0 Å². The highest BCUT2D eigenvalue weighted by Gasteiger charge is 1.92. The summed E-state index contributed by atoms with van der Waals surface area (Å²) in [5.74, 6) is 0.997. The molecule has 0 aliphatic rings. The minimum Gasteiger partial charge on any atom is -0.382 e. The average Bonchev–Trinajstić information content (AvgIpc) is 2.29. The van der Waals surface area contributed by atoms with Crippen LogP contribution in [0.1, 0.15) is 0 Å². The molecular weight excluding hydrogens is 210 g/mol. The van der Waals surface area contributed by atoms with Crippen molar-refractivity contribution in [3.63, 3.8) is 0 Å². The Balaban J connectivity index is 1.93. The second kappa shape index (κ2) is 8.73. The Morgan fingerprint density at radius 2 is 2.00 bits per heavy atom. The summed E-state index contributed by atoms with van der Waals surface area (Å²) in [5, 5.41) is 0. The van der Waals surface area contributed by atoms with E-state index in [4.69, 9.17) is 9.57 Å². The second-order valence-corrected chi connectivity index (χ2v) is 4.07. The molecule has 15 heavy (non-hydrogen) atoms. The molecule has 0 radical (unpaired) electrons. The minimum atomic E-state index is 0.590. The van der Waals surface area contributed by atoms with Gasteiger partial charge in [-0.1, -0.05) is 18.2 Å². The van der Waals surface area contributed by atoms with Gasteiger partial charge in [0.1, 0.15) is 0 Å². The third kappa shape index (κ3) is 6.52. The van der Waals surface area contributed by atoms with Crippen LogP contribution in [0, 0.1) is 0 Å².